The number of hydrogen-bond donors (Lipinski definition) is 1. The van der Waals surface area contributed by atoms with Crippen LogP contribution in [0.4, 0.5) is 13.2 Å². The van der Waals surface area contributed by atoms with Crippen LogP contribution in [0.1, 0.15) is 26.2 Å². The molecule has 22 heavy (non-hydrogen) atoms. The van der Waals surface area contributed by atoms with Gasteiger partial charge in [-0.25, -0.2) is 0 Å². The highest BCUT2D eigenvalue weighted by molar-refractivity contribution is 5.90. The SMILES string of the molecule is CC1(CCNC(=O)C2CCCN2C(=O)C(F)(F)F)OCCO1. The molecule has 2 saturated heterocycles. The van der Waals surface area contributed by atoms with Crippen LogP contribution < -0.4 is 5.32 Å². The number of alkyl halides is 3. The van der Waals surface area contributed by atoms with Gasteiger partial charge in [0, 0.05) is 19.5 Å². The van der Waals surface area contributed by atoms with Gasteiger partial charge in [0.2, 0.25) is 5.91 Å². The predicted octanol–water partition coefficient (Wildman–Crippen LogP) is 0.809. The minimum atomic E-state index is -4.96. The number of likely N-dealkylation sites (tertiary alicyclic amines) is 1. The number of nitrogens with zero attached hydrogens (tertiary/aromatic N) is 1. The maximum Gasteiger partial charge on any atom is 0.471 e. The fraction of sp³-hybridized carbons (Fsp3) is 0.846. The minimum absolute atomic E-state index is 0.0552. The Bertz CT molecular complexity index is 435. The van der Waals surface area contributed by atoms with Gasteiger partial charge in [0.15, 0.2) is 5.79 Å². The molecule has 9 heteroatoms. The number of rotatable bonds is 4. The summed E-state index contributed by atoms with van der Waals surface area (Å²) >= 11 is 0. The average molecular weight is 324 g/mol. The summed E-state index contributed by atoms with van der Waals surface area (Å²) in [4.78, 5) is 23.9. The number of amides is 2. The van der Waals surface area contributed by atoms with E-state index in [0.717, 1.165) is 0 Å². The van der Waals surface area contributed by atoms with Gasteiger partial charge in [0.1, 0.15) is 6.04 Å². The molecule has 0 aromatic rings. The van der Waals surface area contributed by atoms with Crippen LogP contribution in [0, 0.1) is 0 Å². The fourth-order valence-corrected chi connectivity index (χ4v) is 2.68. The fourth-order valence-electron chi connectivity index (χ4n) is 2.68. The molecule has 2 aliphatic rings. The maximum atomic E-state index is 12.5. The Morgan fingerprint density at radius 2 is 1.95 bits per heavy atom. The van der Waals surface area contributed by atoms with Crippen LogP contribution in [0.15, 0.2) is 0 Å². The molecule has 2 aliphatic heterocycles. The first-order chi connectivity index (χ1) is 10.2. The number of carbonyl (C=O) groups excluding carboxylic acids is 2. The average Bonchev–Trinajstić information content (AvgIpc) is 3.05. The summed E-state index contributed by atoms with van der Waals surface area (Å²) in [5.74, 6) is -3.30. The van der Waals surface area contributed by atoms with Crippen molar-refractivity contribution in [3.8, 4) is 0 Å². The van der Waals surface area contributed by atoms with Gasteiger partial charge >= 0.3 is 12.1 Å². The topological polar surface area (TPSA) is 67.9 Å². The van der Waals surface area contributed by atoms with E-state index in [-0.39, 0.29) is 19.5 Å². The normalized spacial score (nSPS) is 24.5. The summed E-state index contributed by atoms with van der Waals surface area (Å²) in [6.45, 7) is 2.84. The zero-order valence-corrected chi connectivity index (χ0v) is 12.2. The van der Waals surface area contributed by atoms with Gasteiger partial charge in [-0.05, 0) is 19.8 Å². The van der Waals surface area contributed by atoms with Crippen LogP contribution in [0.25, 0.3) is 0 Å². The highest BCUT2D eigenvalue weighted by Gasteiger charge is 2.47. The summed E-state index contributed by atoms with van der Waals surface area (Å²) in [6, 6.07) is -1.06. The molecule has 0 radical (unpaired) electrons. The van der Waals surface area contributed by atoms with Gasteiger partial charge in [0.25, 0.3) is 0 Å². The molecule has 0 aliphatic carbocycles. The third-order valence-electron chi connectivity index (χ3n) is 3.84. The van der Waals surface area contributed by atoms with Crippen LogP contribution in [0.5, 0.6) is 0 Å². The number of carbonyl (C=O) groups is 2. The quantitative estimate of drug-likeness (QED) is 0.831. The second-order valence-electron chi connectivity index (χ2n) is 5.53. The molecule has 0 bridgehead atoms. The van der Waals surface area contributed by atoms with Crippen LogP contribution in [-0.4, -0.2) is 61.0 Å². The van der Waals surface area contributed by atoms with Crippen LogP contribution in [0.2, 0.25) is 0 Å². The molecule has 2 fully saturated rings. The Balaban J connectivity index is 1.84. The second kappa shape index (κ2) is 6.41. The lowest BCUT2D eigenvalue weighted by Crippen LogP contribution is -2.50. The van der Waals surface area contributed by atoms with E-state index in [2.05, 4.69) is 5.32 Å². The molecular formula is C13H19F3N2O4. The Kier molecular flexibility index (Phi) is 4.96. The van der Waals surface area contributed by atoms with E-state index in [9.17, 15) is 22.8 Å². The first-order valence-electron chi connectivity index (χ1n) is 7.16. The third kappa shape index (κ3) is 3.89. The van der Waals surface area contributed by atoms with Crippen molar-refractivity contribution in [2.45, 2.75) is 44.2 Å². The Labute approximate surface area is 125 Å². The number of halogens is 3. The van der Waals surface area contributed by atoms with Crippen molar-refractivity contribution < 1.29 is 32.2 Å². The lowest BCUT2D eigenvalue weighted by Gasteiger charge is -2.26. The molecule has 126 valence electrons. The molecule has 1 unspecified atom stereocenters. The molecule has 2 amide bonds. The van der Waals surface area contributed by atoms with Gasteiger partial charge in [-0.15, -0.1) is 0 Å². The second-order valence-corrected chi connectivity index (χ2v) is 5.53. The molecule has 6 nitrogen and oxygen atoms in total. The van der Waals surface area contributed by atoms with Crippen molar-refractivity contribution in [3.63, 3.8) is 0 Å². The first-order valence-corrected chi connectivity index (χ1v) is 7.16. The van der Waals surface area contributed by atoms with Crippen molar-refractivity contribution in [1.29, 1.82) is 0 Å². The molecular weight excluding hydrogens is 305 g/mol. The molecule has 0 aromatic carbocycles. The third-order valence-corrected chi connectivity index (χ3v) is 3.84. The van der Waals surface area contributed by atoms with Crippen LogP contribution in [0.3, 0.4) is 0 Å². The van der Waals surface area contributed by atoms with E-state index in [4.69, 9.17) is 9.47 Å². The minimum Gasteiger partial charge on any atom is -0.354 e. The summed E-state index contributed by atoms with van der Waals surface area (Å²) in [5.41, 5.74) is 0. The Morgan fingerprint density at radius 1 is 1.32 bits per heavy atom. The Morgan fingerprint density at radius 3 is 2.55 bits per heavy atom. The highest BCUT2D eigenvalue weighted by atomic mass is 19.4. The summed E-state index contributed by atoms with van der Waals surface area (Å²) < 4.78 is 48.2. The van der Waals surface area contributed by atoms with Crippen molar-refractivity contribution in [2.24, 2.45) is 0 Å². The van der Waals surface area contributed by atoms with Crippen molar-refractivity contribution in [3.05, 3.63) is 0 Å². The Hall–Kier alpha value is -1.35. The highest BCUT2D eigenvalue weighted by Crippen LogP contribution is 2.26. The van der Waals surface area contributed by atoms with Crippen molar-refractivity contribution >= 4 is 11.8 Å². The largest absolute Gasteiger partial charge is 0.471 e. The molecule has 0 aromatic heterocycles. The molecule has 1 N–H and O–H groups in total. The molecule has 1 atom stereocenters. The lowest BCUT2D eigenvalue weighted by molar-refractivity contribution is -0.186. The predicted molar refractivity (Wildman–Crippen MR) is 68.7 cm³/mol. The summed E-state index contributed by atoms with van der Waals surface area (Å²) in [6.07, 6.45) is -3.96. The van der Waals surface area contributed by atoms with Crippen molar-refractivity contribution in [1.82, 2.24) is 10.2 Å². The van der Waals surface area contributed by atoms with E-state index in [1.54, 1.807) is 6.92 Å². The van der Waals surface area contributed by atoms with E-state index < -0.39 is 29.8 Å². The van der Waals surface area contributed by atoms with E-state index in [1.807, 2.05) is 0 Å². The van der Waals surface area contributed by atoms with E-state index in [0.29, 0.717) is 31.0 Å². The van der Waals surface area contributed by atoms with Crippen LogP contribution >= 0.6 is 0 Å². The molecule has 2 heterocycles. The first kappa shape index (κ1) is 17.0. The molecule has 2 rings (SSSR count). The zero-order valence-electron chi connectivity index (χ0n) is 12.2. The molecule has 0 spiro atoms. The van der Waals surface area contributed by atoms with Gasteiger partial charge < -0.3 is 19.7 Å². The smallest absolute Gasteiger partial charge is 0.354 e. The van der Waals surface area contributed by atoms with E-state index >= 15 is 0 Å². The van der Waals surface area contributed by atoms with Gasteiger partial charge in [-0.2, -0.15) is 13.2 Å². The lowest BCUT2D eigenvalue weighted by atomic mass is 10.2. The summed E-state index contributed by atoms with van der Waals surface area (Å²) in [5, 5.41) is 2.55. The number of ether oxygens (including phenoxy) is 2. The standard InChI is InChI=1S/C13H19F3N2O4/c1-12(21-7-8-22-12)4-5-17-10(19)9-3-2-6-18(9)11(20)13(14,15)16/h9H,2-8H2,1H3,(H,17,19). The summed E-state index contributed by atoms with van der Waals surface area (Å²) in [7, 11) is 0. The van der Waals surface area contributed by atoms with E-state index in [1.165, 1.54) is 0 Å². The van der Waals surface area contributed by atoms with Crippen molar-refractivity contribution in [2.75, 3.05) is 26.3 Å². The van der Waals surface area contributed by atoms with Gasteiger partial charge in [-0.3, -0.25) is 9.59 Å². The number of hydrogen-bond acceptors (Lipinski definition) is 4. The maximum absolute atomic E-state index is 12.5. The van der Waals surface area contributed by atoms with Gasteiger partial charge in [-0.1, -0.05) is 0 Å². The zero-order chi connectivity index (χ0) is 16.4. The monoisotopic (exact) mass is 324 g/mol. The number of nitrogens with one attached hydrogen (secondary N) is 1. The van der Waals surface area contributed by atoms with Gasteiger partial charge in [0.05, 0.1) is 13.2 Å². The molecule has 0 saturated carbocycles. The van der Waals surface area contributed by atoms with Crippen LogP contribution in [-0.2, 0) is 19.1 Å².